The quantitative estimate of drug-likeness (QED) is 0.832. The zero-order valence-electron chi connectivity index (χ0n) is 9.04. The number of nitrogens with one attached hydrogen (secondary N) is 1. The smallest absolute Gasteiger partial charge is 0.0959 e. The molecule has 15 heavy (non-hydrogen) atoms. The fourth-order valence-electron chi connectivity index (χ4n) is 2.52. The number of hydrogen-bond donors (Lipinski definition) is 1. The van der Waals surface area contributed by atoms with Gasteiger partial charge < -0.3 is 5.32 Å². The summed E-state index contributed by atoms with van der Waals surface area (Å²) in [6.07, 6.45) is 6.99. The molecule has 0 amide bonds. The van der Waals surface area contributed by atoms with Crippen molar-refractivity contribution in [2.24, 2.45) is 0 Å². The predicted molar refractivity (Wildman–Crippen MR) is 63.6 cm³/mol. The summed E-state index contributed by atoms with van der Waals surface area (Å²) >= 11 is 1.89. The third kappa shape index (κ3) is 1.95. The van der Waals surface area contributed by atoms with Crippen LogP contribution in [0, 0.1) is 0 Å². The molecule has 0 bridgehead atoms. The molecule has 2 fully saturated rings. The zero-order valence-corrected chi connectivity index (χ0v) is 9.85. The average Bonchev–Trinajstić information content (AvgIpc) is 2.66. The summed E-state index contributed by atoms with van der Waals surface area (Å²) in [5, 5.41) is 7.01. The van der Waals surface area contributed by atoms with Crippen LogP contribution in [0.2, 0.25) is 0 Å². The van der Waals surface area contributed by atoms with Crippen LogP contribution >= 0.6 is 11.3 Å². The fourth-order valence-corrected chi connectivity index (χ4v) is 3.60. The molecule has 2 heterocycles. The van der Waals surface area contributed by atoms with Gasteiger partial charge in [0.05, 0.1) is 10.7 Å². The summed E-state index contributed by atoms with van der Waals surface area (Å²) in [5.74, 6) is 1.49. The van der Waals surface area contributed by atoms with Crippen molar-refractivity contribution in [1.82, 2.24) is 10.3 Å². The van der Waals surface area contributed by atoms with E-state index in [-0.39, 0.29) is 0 Å². The number of aromatic nitrogens is 1. The van der Waals surface area contributed by atoms with Crippen LogP contribution in [0.1, 0.15) is 54.6 Å². The molecule has 1 aliphatic heterocycles. The second kappa shape index (κ2) is 4.22. The Labute approximate surface area is 95.1 Å². The van der Waals surface area contributed by atoms with Crippen LogP contribution in [-0.4, -0.2) is 18.1 Å². The van der Waals surface area contributed by atoms with Crippen molar-refractivity contribution in [3.05, 3.63) is 16.1 Å². The molecule has 1 aliphatic carbocycles. The number of nitrogens with zero attached hydrogens (tertiary/aromatic N) is 1. The van der Waals surface area contributed by atoms with Gasteiger partial charge in [0.25, 0.3) is 0 Å². The maximum absolute atomic E-state index is 4.83. The van der Waals surface area contributed by atoms with Gasteiger partial charge in [0.1, 0.15) is 0 Å². The molecule has 3 heteroatoms. The van der Waals surface area contributed by atoms with Crippen LogP contribution in [0.15, 0.2) is 5.38 Å². The van der Waals surface area contributed by atoms with Crippen LogP contribution in [0.3, 0.4) is 0 Å². The fraction of sp³-hybridized carbons (Fsp3) is 0.750. The Morgan fingerprint density at radius 2 is 1.93 bits per heavy atom. The first-order valence-electron chi connectivity index (χ1n) is 6.09. The SMILES string of the molecule is c1sc(C2CCCCC2)nc1C1CNC1. The predicted octanol–water partition coefficient (Wildman–Crippen LogP) is 2.88. The molecule has 0 aromatic carbocycles. The Hall–Kier alpha value is -0.410. The van der Waals surface area contributed by atoms with E-state index in [1.54, 1.807) is 0 Å². The van der Waals surface area contributed by atoms with Crippen molar-refractivity contribution < 1.29 is 0 Å². The summed E-state index contributed by atoms with van der Waals surface area (Å²) in [4.78, 5) is 4.83. The zero-order chi connectivity index (χ0) is 10.1. The van der Waals surface area contributed by atoms with Crippen molar-refractivity contribution >= 4 is 11.3 Å². The van der Waals surface area contributed by atoms with Crippen LogP contribution in [0.5, 0.6) is 0 Å². The molecule has 0 atom stereocenters. The summed E-state index contributed by atoms with van der Waals surface area (Å²) in [6.45, 7) is 2.27. The molecule has 2 aliphatic rings. The summed E-state index contributed by atoms with van der Waals surface area (Å²) in [6, 6.07) is 0. The minimum absolute atomic E-state index is 0.707. The lowest BCUT2D eigenvalue weighted by Crippen LogP contribution is -2.40. The highest BCUT2D eigenvalue weighted by Crippen LogP contribution is 2.35. The monoisotopic (exact) mass is 222 g/mol. The molecule has 0 spiro atoms. The molecule has 1 aromatic rings. The van der Waals surface area contributed by atoms with E-state index < -0.39 is 0 Å². The highest BCUT2D eigenvalue weighted by Gasteiger charge is 2.24. The lowest BCUT2D eigenvalue weighted by atomic mass is 9.90. The minimum Gasteiger partial charge on any atom is -0.315 e. The largest absolute Gasteiger partial charge is 0.315 e. The van der Waals surface area contributed by atoms with Gasteiger partial charge in [-0.1, -0.05) is 19.3 Å². The van der Waals surface area contributed by atoms with Crippen LogP contribution in [-0.2, 0) is 0 Å². The number of rotatable bonds is 2. The molecular weight excluding hydrogens is 204 g/mol. The third-order valence-electron chi connectivity index (χ3n) is 3.69. The summed E-state index contributed by atoms with van der Waals surface area (Å²) in [7, 11) is 0. The van der Waals surface area contributed by atoms with Crippen LogP contribution in [0.25, 0.3) is 0 Å². The molecule has 1 saturated heterocycles. The van der Waals surface area contributed by atoms with Gasteiger partial charge in [0.15, 0.2) is 0 Å². The van der Waals surface area contributed by atoms with Crippen molar-refractivity contribution in [2.45, 2.75) is 43.9 Å². The first-order chi connectivity index (χ1) is 7.43. The van der Waals surface area contributed by atoms with E-state index in [9.17, 15) is 0 Å². The Balaban J connectivity index is 1.71. The van der Waals surface area contributed by atoms with E-state index in [0.29, 0.717) is 5.92 Å². The van der Waals surface area contributed by atoms with E-state index in [1.807, 2.05) is 11.3 Å². The summed E-state index contributed by atoms with van der Waals surface area (Å²) in [5.41, 5.74) is 1.35. The number of thiazole rings is 1. The van der Waals surface area contributed by atoms with Gasteiger partial charge >= 0.3 is 0 Å². The Morgan fingerprint density at radius 1 is 1.13 bits per heavy atom. The van der Waals surface area contributed by atoms with E-state index >= 15 is 0 Å². The Morgan fingerprint density at radius 3 is 2.60 bits per heavy atom. The van der Waals surface area contributed by atoms with Crippen molar-refractivity contribution in [1.29, 1.82) is 0 Å². The van der Waals surface area contributed by atoms with Gasteiger partial charge in [0.2, 0.25) is 0 Å². The molecule has 1 N–H and O–H groups in total. The molecule has 1 aromatic heterocycles. The lowest BCUT2D eigenvalue weighted by molar-refractivity contribution is 0.428. The second-order valence-electron chi connectivity index (χ2n) is 4.80. The molecule has 1 saturated carbocycles. The normalized spacial score (nSPS) is 24.0. The number of hydrogen-bond acceptors (Lipinski definition) is 3. The van der Waals surface area contributed by atoms with Gasteiger partial charge in [-0.2, -0.15) is 0 Å². The molecule has 3 rings (SSSR count). The van der Waals surface area contributed by atoms with Gasteiger partial charge in [-0.15, -0.1) is 11.3 Å². The molecule has 2 nitrogen and oxygen atoms in total. The first-order valence-corrected chi connectivity index (χ1v) is 6.97. The van der Waals surface area contributed by atoms with Gasteiger partial charge in [-0.05, 0) is 12.8 Å². The maximum Gasteiger partial charge on any atom is 0.0959 e. The van der Waals surface area contributed by atoms with Crippen molar-refractivity contribution in [3.8, 4) is 0 Å². The van der Waals surface area contributed by atoms with Crippen molar-refractivity contribution in [2.75, 3.05) is 13.1 Å². The second-order valence-corrected chi connectivity index (χ2v) is 5.69. The highest BCUT2D eigenvalue weighted by atomic mass is 32.1. The average molecular weight is 222 g/mol. The Kier molecular flexibility index (Phi) is 2.76. The van der Waals surface area contributed by atoms with E-state index in [0.717, 1.165) is 19.0 Å². The molecule has 82 valence electrons. The van der Waals surface area contributed by atoms with Crippen LogP contribution in [0.4, 0.5) is 0 Å². The van der Waals surface area contributed by atoms with E-state index in [4.69, 9.17) is 4.98 Å². The minimum atomic E-state index is 0.707. The third-order valence-corrected chi connectivity index (χ3v) is 4.72. The maximum atomic E-state index is 4.83. The Bertz CT molecular complexity index is 324. The van der Waals surface area contributed by atoms with Gasteiger partial charge in [-0.25, -0.2) is 4.98 Å². The molecule has 0 unspecified atom stereocenters. The topological polar surface area (TPSA) is 24.9 Å². The van der Waals surface area contributed by atoms with E-state index in [2.05, 4.69) is 10.7 Å². The van der Waals surface area contributed by atoms with E-state index in [1.165, 1.54) is 42.8 Å². The van der Waals surface area contributed by atoms with Crippen LogP contribution < -0.4 is 5.32 Å². The summed E-state index contributed by atoms with van der Waals surface area (Å²) < 4.78 is 0. The van der Waals surface area contributed by atoms with Gasteiger partial charge in [0, 0.05) is 30.3 Å². The standard InChI is InChI=1S/C12H18N2S/c1-2-4-9(5-3-1)12-14-11(8-15-12)10-6-13-7-10/h8-10,13H,1-7H2. The first kappa shape index (κ1) is 9.79. The highest BCUT2D eigenvalue weighted by molar-refractivity contribution is 7.09. The molecular formula is C12H18N2S. The van der Waals surface area contributed by atoms with Crippen molar-refractivity contribution in [3.63, 3.8) is 0 Å². The lowest BCUT2D eigenvalue weighted by Gasteiger charge is -2.25. The van der Waals surface area contributed by atoms with Gasteiger partial charge in [-0.3, -0.25) is 0 Å². The molecule has 0 radical (unpaired) electrons.